The molecule has 4 unspecified atom stereocenters. The Balaban J connectivity index is 2.02. The maximum absolute atomic E-state index is 2.65. The maximum atomic E-state index is 2.65. The molecular weight excluding hydrogens is 271 g/mol. The molecule has 0 saturated heterocycles. The van der Waals surface area contributed by atoms with Gasteiger partial charge >= 0.3 is 0 Å². The zero-order valence-corrected chi connectivity index (χ0v) is 10.8. The Labute approximate surface area is 96.0 Å². The highest BCUT2D eigenvalue weighted by atomic mass is 127. The number of halogens is 1. The van der Waals surface area contributed by atoms with Crippen LogP contribution in [0.25, 0.3) is 0 Å². The summed E-state index contributed by atoms with van der Waals surface area (Å²) in [4.78, 5) is 0. The lowest BCUT2D eigenvalue weighted by Gasteiger charge is -2.42. The molecule has 0 heterocycles. The second-order valence-electron chi connectivity index (χ2n) is 4.98. The summed E-state index contributed by atoms with van der Waals surface area (Å²) in [6.07, 6.45) is 10.7. The summed E-state index contributed by atoms with van der Waals surface area (Å²) in [6.45, 7) is 2.42. The van der Waals surface area contributed by atoms with Gasteiger partial charge < -0.3 is 0 Å². The van der Waals surface area contributed by atoms with Gasteiger partial charge in [-0.3, -0.25) is 0 Å². The van der Waals surface area contributed by atoms with E-state index in [-0.39, 0.29) is 0 Å². The molecule has 2 aliphatic carbocycles. The van der Waals surface area contributed by atoms with E-state index >= 15 is 0 Å². The van der Waals surface area contributed by atoms with Crippen LogP contribution in [0.4, 0.5) is 0 Å². The fraction of sp³-hybridized carbons (Fsp3) is 1.00. The molecule has 2 saturated carbocycles. The lowest BCUT2D eigenvalue weighted by atomic mass is 9.65. The van der Waals surface area contributed by atoms with Gasteiger partial charge in [-0.25, -0.2) is 0 Å². The smallest absolute Gasteiger partial charge is 0.0112 e. The molecule has 76 valence electrons. The van der Waals surface area contributed by atoms with Crippen LogP contribution in [0.5, 0.6) is 0 Å². The molecule has 2 rings (SSSR count). The van der Waals surface area contributed by atoms with Crippen molar-refractivity contribution < 1.29 is 0 Å². The third-order valence-corrected chi connectivity index (χ3v) is 5.14. The van der Waals surface area contributed by atoms with E-state index in [1.165, 1.54) is 25.7 Å². The Bertz CT molecular complexity index is 163. The fourth-order valence-electron chi connectivity index (χ4n) is 3.56. The van der Waals surface area contributed by atoms with Gasteiger partial charge in [0.2, 0.25) is 0 Å². The Hall–Kier alpha value is 0.730. The molecule has 1 heteroatoms. The first-order valence-corrected chi connectivity index (χ1v) is 7.17. The van der Waals surface area contributed by atoms with Crippen LogP contribution in [0, 0.1) is 17.8 Å². The van der Waals surface area contributed by atoms with E-state index in [9.17, 15) is 0 Å². The minimum Gasteiger partial charge on any atom is -0.0826 e. The van der Waals surface area contributed by atoms with Crippen molar-refractivity contribution in [2.45, 2.75) is 55.8 Å². The summed E-state index contributed by atoms with van der Waals surface area (Å²) >= 11 is 2.65. The molecule has 0 N–H and O–H groups in total. The highest BCUT2D eigenvalue weighted by molar-refractivity contribution is 14.1. The van der Waals surface area contributed by atoms with Crippen LogP contribution in [0.1, 0.15) is 51.9 Å². The van der Waals surface area contributed by atoms with E-state index < -0.39 is 0 Å². The summed E-state index contributed by atoms with van der Waals surface area (Å²) in [5.41, 5.74) is 0. The molecule has 4 atom stereocenters. The average molecular weight is 292 g/mol. The van der Waals surface area contributed by atoms with E-state index in [1.54, 1.807) is 19.3 Å². The summed E-state index contributed by atoms with van der Waals surface area (Å²) in [6, 6.07) is 0. The average Bonchev–Trinajstić information content (AvgIpc) is 2.17. The van der Waals surface area contributed by atoms with Gasteiger partial charge in [-0.05, 0) is 30.6 Å². The van der Waals surface area contributed by atoms with E-state index in [1.807, 2.05) is 0 Å². The van der Waals surface area contributed by atoms with E-state index in [0.717, 1.165) is 21.7 Å². The molecular formula is C12H21I. The van der Waals surface area contributed by atoms with Gasteiger partial charge in [-0.2, -0.15) is 0 Å². The van der Waals surface area contributed by atoms with Crippen LogP contribution in [0.2, 0.25) is 0 Å². The zero-order valence-electron chi connectivity index (χ0n) is 8.64. The Kier molecular flexibility index (Phi) is 3.55. The topological polar surface area (TPSA) is 0 Å². The Morgan fingerprint density at radius 3 is 2.46 bits per heavy atom. The molecule has 0 aromatic carbocycles. The van der Waals surface area contributed by atoms with E-state index in [4.69, 9.17) is 0 Å². The van der Waals surface area contributed by atoms with Crippen LogP contribution in [0.15, 0.2) is 0 Å². The minimum atomic E-state index is 0.906. The van der Waals surface area contributed by atoms with Crippen molar-refractivity contribution in [1.29, 1.82) is 0 Å². The number of hydrogen-bond acceptors (Lipinski definition) is 0. The van der Waals surface area contributed by atoms with Gasteiger partial charge in [0, 0.05) is 3.92 Å². The first-order chi connectivity index (χ1) is 6.29. The molecule has 13 heavy (non-hydrogen) atoms. The molecule has 0 radical (unpaired) electrons. The number of hydrogen-bond donors (Lipinski definition) is 0. The van der Waals surface area contributed by atoms with Crippen molar-refractivity contribution in [3.63, 3.8) is 0 Å². The predicted molar refractivity (Wildman–Crippen MR) is 66.3 cm³/mol. The van der Waals surface area contributed by atoms with E-state index in [2.05, 4.69) is 29.5 Å². The Morgan fingerprint density at radius 2 is 1.69 bits per heavy atom. The molecule has 2 fully saturated rings. The van der Waals surface area contributed by atoms with Crippen LogP contribution >= 0.6 is 22.6 Å². The fourth-order valence-corrected chi connectivity index (χ4v) is 4.45. The lowest BCUT2D eigenvalue weighted by molar-refractivity contribution is 0.107. The Morgan fingerprint density at radius 1 is 1.00 bits per heavy atom. The highest BCUT2D eigenvalue weighted by Crippen LogP contribution is 2.46. The standard InChI is InChI=1S/C12H21I/c1-9(13)11-8-4-6-10-5-2-3-7-12(10)11/h9-12H,2-8H2,1H3. The zero-order chi connectivity index (χ0) is 9.26. The largest absolute Gasteiger partial charge is 0.0826 e. The van der Waals surface area contributed by atoms with Gasteiger partial charge in [0.25, 0.3) is 0 Å². The molecule has 0 aliphatic heterocycles. The van der Waals surface area contributed by atoms with Crippen LogP contribution in [0.3, 0.4) is 0 Å². The maximum Gasteiger partial charge on any atom is 0.0112 e. The van der Waals surface area contributed by atoms with Gasteiger partial charge in [0.15, 0.2) is 0 Å². The second-order valence-corrected chi connectivity index (χ2v) is 6.95. The first kappa shape index (κ1) is 10.3. The van der Waals surface area contributed by atoms with E-state index in [0.29, 0.717) is 0 Å². The van der Waals surface area contributed by atoms with Crippen molar-refractivity contribution >= 4 is 22.6 Å². The predicted octanol–water partition coefficient (Wildman–Crippen LogP) is 4.42. The third-order valence-electron chi connectivity index (χ3n) is 4.22. The molecule has 0 amide bonds. The number of alkyl halides is 1. The molecule has 0 aromatic rings. The summed E-state index contributed by atoms with van der Waals surface area (Å²) in [5.74, 6) is 3.28. The number of rotatable bonds is 1. The van der Waals surface area contributed by atoms with Crippen molar-refractivity contribution in [2.24, 2.45) is 17.8 Å². The lowest BCUT2D eigenvalue weighted by Crippen LogP contribution is -2.34. The first-order valence-electron chi connectivity index (χ1n) is 5.93. The van der Waals surface area contributed by atoms with Gasteiger partial charge in [-0.15, -0.1) is 0 Å². The highest BCUT2D eigenvalue weighted by Gasteiger charge is 2.36. The molecule has 0 aromatic heterocycles. The third kappa shape index (κ3) is 2.21. The van der Waals surface area contributed by atoms with Crippen LogP contribution in [-0.2, 0) is 0 Å². The summed E-state index contributed by atoms with van der Waals surface area (Å²) in [7, 11) is 0. The van der Waals surface area contributed by atoms with Crippen molar-refractivity contribution in [3.05, 3.63) is 0 Å². The van der Waals surface area contributed by atoms with Gasteiger partial charge in [-0.1, -0.05) is 61.6 Å². The molecule has 0 spiro atoms. The van der Waals surface area contributed by atoms with Crippen molar-refractivity contribution in [1.82, 2.24) is 0 Å². The summed E-state index contributed by atoms with van der Waals surface area (Å²) in [5, 5.41) is 0. The SMILES string of the molecule is CC(I)C1CCCC2CCCCC21. The number of fused-ring (bicyclic) bond motifs is 1. The normalized spacial score (nSPS) is 42.5. The van der Waals surface area contributed by atoms with Crippen molar-refractivity contribution in [3.8, 4) is 0 Å². The van der Waals surface area contributed by atoms with Crippen LogP contribution in [-0.4, -0.2) is 3.92 Å². The quantitative estimate of drug-likeness (QED) is 0.496. The second kappa shape index (κ2) is 4.50. The minimum absolute atomic E-state index is 0.906. The monoisotopic (exact) mass is 292 g/mol. The molecule has 0 bridgehead atoms. The van der Waals surface area contributed by atoms with Crippen LogP contribution < -0.4 is 0 Å². The van der Waals surface area contributed by atoms with Gasteiger partial charge in [0.1, 0.15) is 0 Å². The summed E-state index contributed by atoms with van der Waals surface area (Å²) < 4.78 is 0.906. The van der Waals surface area contributed by atoms with Crippen molar-refractivity contribution in [2.75, 3.05) is 0 Å². The van der Waals surface area contributed by atoms with Gasteiger partial charge in [0.05, 0.1) is 0 Å². The molecule has 0 nitrogen and oxygen atoms in total. The molecule has 2 aliphatic rings.